The molecule has 0 atom stereocenters. The number of hydrogen-bond acceptors (Lipinski definition) is 5. The molecule has 0 aliphatic heterocycles. The van der Waals surface area contributed by atoms with Gasteiger partial charge in [-0.15, -0.1) is 0 Å². The summed E-state index contributed by atoms with van der Waals surface area (Å²) in [6.45, 7) is 0. The molecule has 0 aliphatic rings. The lowest BCUT2D eigenvalue weighted by molar-refractivity contribution is 0.673. The van der Waals surface area contributed by atoms with Crippen molar-refractivity contribution < 1.29 is 4.42 Å². The van der Waals surface area contributed by atoms with Gasteiger partial charge < -0.3 is 4.42 Å². The Hall–Kier alpha value is -7.42. The van der Waals surface area contributed by atoms with Crippen LogP contribution in [0.4, 0.5) is 0 Å². The molecule has 0 saturated carbocycles. The number of furan rings is 1. The smallest absolute Gasteiger partial charge is 0.164 e. The molecule has 0 aliphatic carbocycles. The third-order valence-electron chi connectivity index (χ3n) is 9.92. The zero-order valence-corrected chi connectivity index (χ0v) is 28.4. The van der Waals surface area contributed by atoms with Gasteiger partial charge in [-0.25, -0.2) is 15.0 Å². The molecule has 0 unspecified atom stereocenters. The summed E-state index contributed by atoms with van der Waals surface area (Å²) < 4.78 is 6.72. The van der Waals surface area contributed by atoms with Crippen molar-refractivity contribution in [2.24, 2.45) is 0 Å². The van der Waals surface area contributed by atoms with Crippen LogP contribution in [-0.2, 0) is 0 Å². The molecule has 0 bridgehead atoms. The largest absolute Gasteiger partial charge is 0.455 e. The molecule has 246 valence electrons. The van der Waals surface area contributed by atoms with E-state index in [-0.39, 0.29) is 0 Å². The second kappa shape index (κ2) is 12.4. The number of rotatable bonds is 5. The molecule has 10 rings (SSSR count). The predicted octanol–water partition coefficient (Wildman–Crippen LogP) is 12.3. The van der Waals surface area contributed by atoms with E-state index in [1.165, 1.54) is 0 Å². The van der Waals surface area contributed by atoms with Crippen LogP contribution in [-0.4, -0.2) is 15.0 Å². The Morgan fingerprint density at radius 3 is 1.57 bits per heavy atom. The molecule has 0 radical (unpaired) electrons. The average Bonchev–Trinajstić information content (AvgIpc) is 3.64. The van der Waals surface area contributed by atoms with Gasteiger partial charge in [0.2, 0.25) is 0 Å². The highest BCUT2D eigenvalue weighted by Gasteiger charge is 2.19. The van der Waals surface area contributed by atoms with Gasteiger partial charge in [0.1, 0.15) is 11.2 Å². The molecule has 5 nitrogen and oxygen atoms in total. The fraction of sp³-hybridized carbons (Fsp3) is 0. The fourth-order valence-corrected chi connectivity index (χ4v) is 7.36. The van der Waals surface area contributed by atoms with Crippen LogP contribution in [0.15, 0.2) is 174 Å². The van der Waals surface area contributed by atoms with Crippen molar-refractivity contribution in [3.63, 3.8) is 0 Å². The Morgan fingerprint density at radius 2 is 0.887 bits per heavy atom. The second-order valence-corrected chi connectivity index (χ2v) is 13.1. The highest BCUT2D eigenvalue weighted by Crippen LogP contribution is 2.43. The van der Waals surface area contributed by atoms with Crippen LogP contribution in [0, 0.1) is 11.3 Å². The minimum atomic E-state index is 0.597. The SMILES string of the molecule is N#Cc1cccc(-c2cccc(-c3ccc4c5ccc(-c6nc(-c7ccccc7)nc(-c7ccccc7)n6)cc5c5oc6ccccc6c5c4c3)c2)c1. The van der Waals surface area contributed by atoms with Gasteiger partial charge in [0.25, 0.3) is 0 Å². The van der Waals surface area contributed by atoms with E-state index < -0.39 is 0 Å². The molecule has 2 heterocycles. The number of para-hydroxylation sites is 1. The van der Waals surface area contributed by atoms with Gasteiger partial charge in [-0.3, -0.25) is 0 Å². The third-order valence-corrected chi connectivity index (χ3v) is 9.92. The van der Waals surface area contributed by atoms with Gasteiger partial charge in [-0.2, -0.15) is 5.26 Å². The maximum Gasteiger partial charge on any atom is 0.164 e. The lowest BCUT2D eigenvalue weighted by Gasteiger charge is -2.12. The molecule has 0 N–H and O–H groups in total. The van der Waals surface area contributed by atoms with Gasteiger partial charge in [-0.1, -0.05) is 133 Å². The standard InChI is InChI=1S/C48H28N4O/c49-29-30-11-9-16-33(25-30)34-17-10-18-35(26-34)36-21-23-38-39-24-22-37(28-42(39)45-44(41(38)27-36)40-19-7-8-20-43(40)53-45)48-51-46(31-12-3-1-4-13-31)50-47(52-48)32-14-5-2-6-15-32/h1-28H. The number of nitrogens with zero attached hydrogens (tertiary/aromatic N) is 4. The zero-order valence-electron chi connectivity index (χ0n) is 28.4. The molecule has 53 heavy (non-hydrogen) atoms. The van der Waals surface area contributed by atoms with Crippen LogP contribution >= 0.6 is 0 Å². The molecule has 8 aromatic carbocycles. The zero-order chi connectivity index (χ0) is 35.3. The van der Waals surface area contributed by atoms with Crippen LogP contribution < -0.4 is 0 Å². The van der Waals surface area contributed by atoms with Crippen molar-refractivity contribution in [2.45, 2.75) is 0 Å². The van der Waals surface area contributed by atoms with Crippen LogP contribution in [0.2, 0.25) is 0 Å². The van der Waals surface area contributed by atoms with Crippen molar-refractivity contribution >= 4 is 43.5 Å². The predicted molar refractivity (Wildman–Crippen MR) is 214 cm³/mol. The van der Waals surface area contributed by atoms with Crippen molar-refractivity contribution in [3.8, 4) is 62.5 Å². The summed E-state index contributed by atoms with van der Waals surface area (Å²) in [7, 11) is 0. The first kappa shape index (κ1) is 30.4. The lowest BCUT2D eigenvalue weighted by Crippen LogP contribution is -2.00. The van der Waals surface area contributed by atoms with E-state index >= 15 is 0 Å². The van der Waals surface area contributed by atoms with E-state index in [4.69, 9.17) is 19.4 Å². The summed E-state index contributed by atoms with van der Waals surface area (Å²) >= 11 is 0. The average molecular weight is 677 g/mol. The highest BCUT2D eigenvalue weighted by molar-refractivity contribution is 6.30. The summed E-state index contributed by atoms with van der Waals surface area (Å²) in [5, 5.41) is 16.0. The Kier molecular flexibility index (Phi) is 7.12. The number of fused-ring (bicyclic) bond motifs is 8. The first-order valence-electron chi connectivity index (χ1n) is 17.5. The molecule has 10 aromatic rings. The van der Waals surface area contributed by atoms with E-state index in [0.29, 0.717) is 23.0 Å². The van der Waals surface area contributed by atoms with Crippen molar-refractivity contribution in [1.82, 2.24) is 15.0 Å². The normalized spacial score (nSPS) is 11.4. The van der Waals surface area contributed by atoms with Gasteiger partial charge in [0, 0.05) is 32.8 Å². The van der Waals surface area contributed by atoms with E-state index in [9.17, 15) is 5.26 Å². The van der Waals surface area contributed by atoms with Crippen LogP contribution in [0.25, 0.3) is 99.9 Å². The fourth-order valence-electron chi connectivity index (χ4n) is 7.36. The van der Waals surface area contributed by atoms with Gasteiger partial charge in [0.15, 0.2) is 17.5 Å². The molecule has 0 saturated heterocycles. The Balaban J connectivity index is 1.18. The van der Waals surface area contributed by atoms with E-state index in [1.807, 2.05) is 97.1 Å². The molecule has 0 fully saturated rings. The van der Waals surface area contributed by atoms with Crippen molar-refractivity contribution in [3.05, 3.63) is 175 Å². The summed E-state index contributed by atoms with van der Waals surface area (Å²) in [5.41, 5.74) is 9.33. The van der Waals surface area contributed by atoms with Gasteiger partial charge >= 0.3 is 0 Å². The van der Waals surface area contributed by atoms with E-state index in [1.54, 1.807) is 0 Å². The lowest BCUT2D eigenvalue weighted by atomic mass is 9.92. The topological polar surface area (TPSA) is 75.6 Å². The molecular weight excluding hydrogens is 649 g/mol. The maximum atomic E-state index is 9.48. The Morgan fingerprint density at radius 1 is 0.377 bits per heavy atom. The molecular formula is C48H28N4O. The Bertz CT molecular complexity index is 3010. The van der Waals surface area contributed by atoms with Crippen LogP contribution in [0.5, 0.6) is 0 Å². The first-order valence-corrected chi connectivity index (χ1v) is 17.5. The van der Waals surface area contributed by atoms with Crippen molar-refractivity contribution in [2.75, 3.05) is 0 Å². The van der Waals surface area contributed by atoms with E-state index in [0.717, 1.165) is 82.4 Å². The highest BCUT2D eigenvalue weighted by atomic mass is 16.3. The van der Waals surface area contributed by atoms with Crippen molar-refractivity contribution in [1.29, 1.82) is 5.26 Å². The monoisotopic (exact) mass is 676 g/mol. The number of aromatic nitrogens is 3. The van der Waals surface area contributed by atoms with Crippen LogP contribution in [0.3, 0.4) is 0 Å². The first-order chi connectivity index (χ1) is 26.2. The molecule has 2 aromatic heterocycles. The minimum absolute atomic E-state index is 0.597. The summed E-state index contributed by atoms with van der Waals surface area (Å²) in [6.07, 6.45) is 0. The second-order valence-electron chi connectivity index (χ2n) is 13.1. The minimum Gasteiger partial charge on any atom is -0.455 e. The van der Waals surface area contributed by atoms with Gasteiger partial charge in [-0.05, 0) is 74.8 Å². The summed E-state index contributed by atoms with van der Waals surface area (Å²) in [4.78, 5) is 14.9. The van der Waals surface area contributed by atoms with Gasteiger partial charge in [0.05, 0.1) is 11.6 Å². The maximum absolute atomic E-state index is 9.48. The summed E-state index contributed by atoms with van der Waals surface area (Å²) in [5.74, 6) is 1.84. The number of nitriles is 1. The Labute approximate surface area is 305 Å². The molecule has 0 spiro atoms. The molecule has 0 amide bonds. The number of hydrogen-bond donors (Lipinski definition) is 0. The quantitative estimate of drug-likeness (QED) is 0.170. The van der Waals surface area contributed by atoms with Crippen LogP contribution in [0.1, 0.15) is 5.56 Å². The third kappa shape index (κ3) is 5.29. The number of benzene rings is 8. The molecule has 5 heteroatoms. The summed E-state index contributed by atoms with van der Waals surface area (Å²) in [6, 6.07) is 59.9. The van der Waals surface area contributed by atoms with E-state index in [2.05, 4.69) is 78.9 Å².